The van der Waals surface area contributed by atoms with Gasteiger partial charge in [-0.15, -0.1) is 0 Å². The van der Waals surface area contributed by atoms with E-state index in [1.807, 2.05) is 6.92 Å². The lowest BCUT2D eigenvalue weighted by Crippen LogP contribution is -2.64. The molecule has 1 aromatic heterocycles. The summed E-state index contributed by atoms with van der Waals surface area (Å²) in [5.41, 5.74) is 1.94. The Labute approximate surface area is 343 Å². The molecule has 4 saturated heterocycles. The summed E-state index contributed by atoms with van der Waals surface area (Å²) in [5.74, 6) is -6.89. The number of ether oxygens (including phenoxy) is 2. The second kappa shape index (κ2) is 17.7. The predicted molar refractivity (Wildman–Crippen MR) is 207 cm³/mol. The lowest BCUT2D eigenvalue weighted by atomic mass is 10.0. The normalized spacial score (nSPS) is 27.2. The molecule has 4 aliphatic heterocycles. The third-order valence-corrected chi connectivity index (χ3v) is 11.5. The molecule has 3 aromatic rings. The number of cyclic esters (lactones) is 1. The Morgan fingerprint density at radius 3 is 2.42 bits per heavy atom. The molecule has 5 heterocycles. The largest absolute Gasteiger partial charge is 0.458 e. The number of rotatable bonds is 7. The first-order valence-electron chi connectivity index (χ1n) is 20.1. The maximum atomic E-state index is 14.7. The van der Waals surface area contributed by atoms with Crippen molar-refractivity contribution in [3.05, 3.63) is 65.5 Å². The van der Waals surface area contributed by atoms with E-state index in [1.165, 1.54) is 34.9 Å². The molecule has 0 radical (unpaired) electrons. The monoisotopic (exact) mass is 834 g/mol. The van der Waals surface area contributed by atoms with Gasteiger partial charge in [0.2, 0.25) is 35.4 Å². The van der Waals surface area contributed by atoms with E-state index in [4.69, 9.17) is 9.47 Å². The molecule has 2 aromatic carbocycles. The maximum Gasteiger partial charge on any atom is 0.329 e. The number of halogens is 2. The van der Waals surface area contributed by atoms with Crippen LogP contribution in [0.1, 0.15) is 51.2 Å². The molecule has 60 heavy (non-hydrogen) atoms. The molecule has 6 amide bonds. The quantitative estimate of drug-likeness (QED) is 0.242. The van der Waals surface area contributed by atoms with Gasteiger partial charge >= 0.3 is 5.97 Å². The number of hydrogen-bond acceptors (Lipinski definition) is 10. The Morgan fingerprint density at radius 2 is 1.65 bits per heavy atom. The molecule has 0 aliphatic carbocycles. The minimum atomic E-state index is -1.64. The number of aromatic amines is 1. The van der Waals surface area contributed by atoms with Gasteiger partial charge in [-0.25, -0.2) is 18.6 Å². The van der Waals surface area contributed by atoms with Crippen molar-refractivity contribution in [1.29, 1.82) is 0 Å². The smallest absolute Gasteiger partial charge is 0.329 e. The second-order valence-corrected chi connectivity index (χ2v) is 16.1. The lowest BCUT2D eigenvalue weighted by Gasteiger charge is -2.39. The number of fused-ring (bicyclic) bond motifs is 4. The fourth-order valence-corrected chi connectivity index (χ4v) is 8.54. The summed E-state index contributed by atoms with van der Waals surface area (Å²) in [4.78, 5) is 109. The lowest BCUT2D eigenvalue weighted by molar-refractivity contribution is -0.164. The van der Waals surface area contributed by atoms with Gasteiger partial charge in [-0.1, -0.05) is 13.0 Å². The highest BCUT2D eigenvalue weighted by Crippen LogP contribution is 2.28. The Balaban J connectivity index is 1.21. The van der Waals surface area contributed by atoms with E-state index in [0.717, 1.165) is 12.1 Å². The number of carbonyl (C=O) groups excluding carboxylic acids is 7. The fraction of sp³-hybridized carbons (Fsp3) is 0.512. The summed E-state index contributed by atoms with van der Waals surface area (Å²) in [6.45, 7) is 5.01. The molecule has 4 N–H and O–H groups in total. The van der Waals surface area contributed by atoms with Crippen LogP contribution < -0.4 is 16.0 Å². The van der Waals surface area contributed by atoms with Crippen LogP contribution >= 0.6 is 0 Å². The van der Waals surface area contributed by atoms with Gasteiger partial charge in [0.25, 0.3) is 0 Å². The number of nitrogens with zero attached hydrogens (tertiary/aromatic N) is 4. The van der Waals surface area contributed by atoms with Crippen molar-refractivity contribution in [3.8, 4) is 0 Å². The van der Waals surface area contributed by atoms with Gasteiger partial charge in [0.15, 0.2) is 0 Å². The first-order chi connectivity index (χ1) is 28.7. The van der Waals surface area contributed by atoms with E-state index in [0.29, 0.717) is 29.1 Å². The minimum Gasteiger partial charge on any atom is -0.458 e. The third-order valence-electron chi connectivity index (χ3n) is 11.5. The van der Waals surface area contributed by atoms with Crippen LogP contribution in [0.4, 0.5) is 8.78 Å². The van der Waals surface area contributed by atoms with Crippen LogP contribution in [0.15, 0.2) is 42.7 Å². The summed E-state index contributed by atoms with van der Waals surface area (Å²) in [6.07, 6.45) is 0.364. The van der Waals surface area contributed by atoms with Crippen molar-refractivity contribution in [2.24, 2.45) is 5.92 Å². The summed E-state index contributed by atoms with van der Waals surface area (Å²) in [5, 5.41) is 7.97. The van der Waals surface area contributed by atoms with Gasteiger partial charge in [-0.3, -0.25) is 28.8 Å². The second-order valence-electron chi connectivity index (χ2n) is 16.1. The van der Waals surface area contributed by atoms with Gasteiger partial charge in [0, 0.05) is 32.1 Å². The highest BCUT2D eigenvalue weighted by molar-refractivity contribution is 5.98. The van der Waals surface area contributed by atoms with Crippen LogP contribution in [-0.4, -0.2) is 141 Å². The van der Waals surface area contributed by atoms with Crippen molar-refractivity contribution in [2.45, 2.75) is 95.2 Å². The zero-order valence-electron chi connectivity index (χ0n) is 33.5. The Morgan fingerprint density at radius 1 is 0.900 bits per heavy atom. The SMILES string of the molecule is C[C@@H]1C[C@H]2C(=O)O[C@@H](C)[C@H](NC(=O)[C@H](Cc3cc(F)cc(F)c3)NC(=O)Cc3ccc4nc[nH]c4c3)C(=O)N3CCC[C@H]3C(=O)N3CCOC[C@H]3C(=O)N[C@@H](C)C(=O)N2C1. The van der Waals surface area contributed by atoms with Crippen molar-refractivity contribution >= 4 is 52.4 Å². The molecule has 0 saturated carbocycles. The van der Waals surface area contributed by atoms with Crippen LogP contribution in [0, 0.1) is 17.6 Å². The summed E-state index contributed by atoms with van der Waals surface area (Å²) < 4.78 is 40.2. The molecule has 17 nitrogen and oxygen atoms in total. The van der Waals surface area contributed by atoms with Gasteiger partial charge in [-0.05, 0) is 74.4 Å². The number of aromatic nitrogens is 2. The van der Waals surface area contributed by atoms with Crippen molar-refractivity contribution in [1.82, 2.24) is 40.6 Å². The Hall–Kier alpha value is -5.98. The highest BCUT2D eigenvalue weighted by Gasteiger charge is 2.47. The zero-order chi connectivity index (χ0) is 42.8. The molecular formula is C41H48F2N8O9. The maximum absolute atomic E-state index is 14.7. The van der Waals surface area contributed by atoms with Gasteiger partial charge < -0.3 is 45.1 Å². The van der Waals surface area contributed by atoms with Crippen LogP contribution in [0.2, 0.25) is 0 Å². The molecule has 4 fully saturated rings. The first kappa shape index (κ1) is 42.2. The van der Waals surface area contributed by atoms with Crippen molar-refractivity contribution < 1.29 is 51.8 Å². The Kier molecular flexibility index (Phi) is 12.4. The minimum absolute atomic E-state index is 0.0271. The third kappa shape index (κ3) is 9.09. The van der Waals surface area contributed by atoms with E-state index < -0.39 is 102 Å². The summed E-state index contributed by atoms with van der Waals surface area (Å²) in [7, 11) is 0. The van der Waals surface area contributed by atoms with Crippen LogP contribution in [0.25, 0.3) is 11.0 Å². The predicted octanol–water partition coefficient (Wildman–Crippen LogP) is 0.501. The number of benzene rings is 2. The van der Waals surface area contributed by atoms with E-state index in [1.54, 1.807) is 18.2 Å². The van der Waals surface area contributed by atoms with E-state index >= 15 is 0 Å². The fourth-order valence-electron chi connectivity index (χ4n) is 8.54. The van der Waals surface area contributed by atoms with Crippen LogP contribution in [-0.2, 0) is 55.9 Å². The number of nitrogens with one attached hydrogen (secondary N) is 4. The summed E-state index contributed by atoms with van der Waals surface area (Å²) in [6, 6.07) is 0.327. The van der Waals surface area contributed by atoms with Crippen LogP contribution in [0.3, 0.4) is 0 Å². The molecule has 4 aliphatic rings. The number of amides is 6. The average Bonchev–Trinajstić information content (AvgIpc) is 3.98. The van der Waals surface area contributed by atoms with Crippen molar-refractivity contribution in [2.75, 3.05) is 32.8 Å². The number of imidazole rings is 1. The van der Waals surface area contributed by atoms with Crippen molar-refractivity contribution in [3.63, 3.8) is 0 Å². The number of carbonyl (C=O) groups is 7. The molecule has 0 bridgehead atoms. The van der Waals surface area contributed by atoms with Crippen LogP contribution in [0.5, 0.6) is 0 Å². The molecule has 320 valence electrons. The van der Waals surface area contributed by atoms with E-state index in [9.17, 15) is 42.3 Å². The Bertz CT molecular complexity index is 2170. The first-order valence-corrected chi connectivity index (χ1v) is 20.1. The number of hydrogen-bond donors (Lipinski definition) is 4. The average molecular weight is 835 g/mol. The summed E-state index contributed by atoms with van der Waals surface area (Å²) >= 11 is 0. The molecule has 0 unspecified atom stereocenters. The van der Waals surface area contributed by atoms with Gasteiger partial charge in [-0.2, -0.15) is 0 Å². The number of esters is 1. The van der Waals surface area contributed by atoms with E-state index in [-0.39, 0.29) is 63.6 Å². The molecule has 7 rings (SSSR count). The molecule has 19 heteroatoms. The zero-order valence-corrected chi connectivity index (χ0v) is 33.5. The standard InChI is InChI=1S/C41H48F2N8O9/c1-21-11-32-41(58)60-23(3)35(40(57)49-8-4-5-31(49)39(56)50-9-10-59-19-33(50)37(54)46-22(2)38(55)51(32)18-21)48-36(53)30(15-25-12-26(42)17-27(43)13-25)47-34(52)16-24-6-7-28-29(14-24)45-20-44-28/h6-7,12-14,17,20-23,30-33,35H,4-5,8-11,15-16,18-19H2,1-3H3,(H,44,45)(H,46,54)(H,47,52)(H,48,53)/t21-,22+,23+,30+,31+,32+,33+,35+/m1/s1. The molecular weight excluding hydrogens is 786 g/mol. The topological polar surface area (TPSA) is 212 Å². The number of H-pyrrole nitrogens is 1. The van der Waals surface area contributed by atoms with E-state index in [2.05, 4.69) is 25.9 Å². The highest BCUT2D eigenvalue weighted by atomic mass is 19.1. The van der Waals surface area contributed by atoms with Gasteiger partial charge in [0.05, 0.1) is 37.0 Å². The number of morpholine rings is 1. The molecule has 8 atom stereocenters. The van der Waals surface area contributed by atoms with Gasteiger partial charge in [0.1, 0.15) is 54.0 Å². The molecule has 0 spiro atoms.